The molecule has 0 spiro atoms. The van der Waals surface area contributed by atoms with Gasteiger partial charge in [-0.25, -0.2) is 9.97 Å². The van der Waals surface area contributed by atoms with Gasteiger partial charge in [-0.05, 0) is 37.6 Å². The number of phenols is 1. The van der Waals surface area contributed by atoms with Crippen LogP contribution in [0, 0.1) is 13.8 Å². The smallest absolute Gasteiger partial charge is 0.252 e. The number of aryl methyl sites for hydroxylation is 2. The summed E-state index contributed by atoms with van der Waals surface area (Å²) in [4.78, 5) is 22.0. The maximum atomic E-state index is 12.8. The molecule has 0 fully saturated rings. The molecule has 0 aliphatic carbocycles. The number of anilines is 1. The zero-order valence-electron chi connectivity index (χ0n) is 18.9. The second-order valence-corrected chi connectivity index (χ2v) is 9.10. The second-order valence-electron chi connectivity index (χ2n) is 8.01. The summed E-state index contributed by atoms with van der Waals surface area (Å²) >= 11 is 1.49. The highest BCUT2D eigenvalue weighted by molar-refractivity contribution is 8.00. The van der Waals surface area contributed by atoms with E-state index in [9.17, 15) is 9.90 Å². The minimum Gasteiger partial charge on any atom is -0.504 e. The molecule has 1 aliphatic rings. The Morgan fingerprint density at radius 2 is 1.82 bits per heavy atom. The molecule has 2 N–H and O–H groups in total. The van der Waals surface area contributed by atoms with Crippen molar-refractivity contribution in [3.63, 3.8) is 0 Å². The van der Waals surface area contributed by atoms with Crippen LogP contribution < -0.4 is 10.1 Å². The number of nitrogens with zero attached hydrogens (tertiary/aromatic N) is 4. The monoisotopic (exact) mass is 473 g/mol. The van der Waals surface area contributed by atoms with E-state index in [0.29, 0.717) is 17.5 Å². The number of aromatic hydroxyl groups is 1. The number of phenolic OH excluding ortho intramolecular Hbond substituents is 1. The number of aromatic nitrogens is 4. The molecular weight excluding hydrogens is 450 g/mol. The van der Waals surface area contributed by atoms with Crippen molar-refractivity contribution in [2.45, 2.75) is 19.1 Å². The van der Waals surface area contributed by atoms with E-state index in [1.807, 2.05) is 56.3 Å². The number of carbonyl (C=O) groups excluding carboxylic acids is 1. The Morgan fingerprint density at radius 3 is 2.53 bits per heavy atom. The SMILES string of the molecule is COc1cc([C@@H]2SCC(=O)Nc3c2c(-c2ccccc2)nn3-c2nc(C)cc(C)n2)ccc1O. The van der Waals surface area contributed by atoms with E-state index >= 15 is 0 Å². The number of benzene rings is 2. The fourth-order valence-electron chi connectivity index (χ4n) is 4.09. The molecule has 4 aromatic rings. The molecule has 0 saturated heterocycles. The van der Waals surface area contributed by atoms with Gasteiger partial charge in [-0.3, -0.25) is 4.79 Å². The molecule has 8 nitrogen and oxygen atoms in total. The third kappa shape index (κ3) is 3.99. The summed E-state index contributed by atoms with van der Waals surface area (Å²) in [6.45, 7) is 3.80. The van der Waals surface area contributed by atoms with Gasteiger partial charge < -0.3 is 15.2 Å². The predicted molar refractivity (Wildman–Crippen MR) is 132 cm³/mol. The van der Waals surface area contributed by atoms with E-state index in [-0.39, 0.29) is 22.7 Å². The molecule has 1 atom stereocenters. The third-order valence-electron chi connectivity index (χ3n) is 5.54. The van der Waals surface area contributed by atoms with Gasteiger partial charge in [0.15, 0.2) is 11.5 Å². The topological polar surface area (TPSA) is 102 Å². The molecule has 172 valence electrons. The van der Waals surface area contributed by atoms with Crippen LogP contribution in [0.15, 0.2) is 54.6 Å². The Labute approximate surface area is 201 Å². The molecule has 0 radical (unpaired) electrons. The summed E-state index contributed by atoms with van der Waals surface area (Å²) < 4.78 is 6.97. The molecule has 34 heavy (non-hydrogen) atoms. The van der Waals surface area contributed by atoms with E-state index in [0.717, 1.165) is 33.8 Å². The van der Waals surface area contributed by atoms with Crippen molar-refractivity contribution in [1.82, 2.24) is 19.7 Å². The molecule has 2 aromatic carbocycles. The Morgan fingerprint density at radius 1 is 1.09 bits per heavy atom. The Kier molecular flexibility index (Phi) is 5.70. The minimum absolute atomic E-state index is 0.0573. The van der Waals surface area contributed by atoms with E-state index in [2.05, 4.69) is 15.3 Å². The number of thioether (sulfide) groups is 1. The third-order valence-corrected chi connectivity index (χ3v) is 6.81. The molecule has 5 rings (SSSR count). The number of amides is 1. The van der Waals surface area contributed by atoms with Crippen molar-refractivity contribution in [2.24, 2.45) is 0 Å². The molecule has 9 heteroatoms. The number of nitrogens with one attached hydrogen (secondary N) is 1. The molecule has 2 aromatic heterocycles. The first-order chi connectivity index (χ1) is 16.4. The highest BCUT2D eigenvalue weighted by atomic mass is 32.2. The predicted octanol–water partition coefficient (Wildman–Crippen LogP) is 4.44. The first kappa shape index (κ1) is 22.0. The largest absolute Gasteiger partial charge is 0.504 e. The van der Waals surface area contributed by atoms with Crippen LogP contribution in [0.4, 0.5) is 5.82 Å². The van der Waals surface area contributed by atoms with E-state index in [4.69, 9.17) is 9.84 Å². The average Bonchev–Trinajstić information content (AvgIpc) is 3.09. The van der Waals surface area contributed by atoms with Gasteiger partial charge in [0.1, 0.15) is 5.82 Å². The van der Waals surface area contributed by atoms with Crippen LogP contribution in [0.25, 0.3) is 17.2 Å². The van der Waals surface area contributed by atoms with Crippen molar-refractivity contribution in [3.05, 3.63) is 77.1 Å². The molecule has 0 unspecified atom stereocenters. The molecule has 3 heterocycles. The fourth-order valence-corrected chi connectivity index (χ4v) is 5.20. The normalized spacial score (nSPS) is 15.4. The van der Waals surface area contributed by atoms with E-state index < -0.39 is 0 Å². The van der Waals surface area contributed by atoms with Crippen molar-refractivity contribution in [2.75, 3.05) is 18.2 Å². The average molecular weight is 474 g/mol. The van der Waals surface area contributed by atoms with Crippen LogP contribution in [-0.2, 0) is 4.79 Å². The number of rotatable bonds is 4. The number of hydrogen-bond acceptors (Lipinski definition) is 7. The van der Waals surface area contributed by atoms with Crippen LogP contribution in [0.1, 0.15) is 27.8 Å². The lowest BCUT2D eigenvalue weighted by Gasteiger charge is -2.17. The fraction of sp³-hybridized carbons (Fsp3) is 0.200. The van der Waals surface area contributed by atoms with Gasteiger partial charge in [0.05, 0.1) is 23.8 Å². The number of carbonyl (C=O) groups is 1. The van der Waals surface area contributed by atoms with Crippen molar-refractivity contribution >= 4 is 23.5 Å². The van der Waals surface area contributed by atoms with Crippen LogP contribution in [0.3, 0.4) is 0 Å². The summed E-state index contributed by atoms with van der Waals surface area (Å²) in [5, 5.41) is 17.8. The van der Waals surface area contributed by atoms with Gasteiger partial charge in [0.25, 0.3) is 5.95 Å². The maximum Gasteiger partial charge on any atom is 0.252 e. The Balaban J connectivity index is 1.80. The summed E-state index contributed by atoms with van der Waals surface area (Å²) in [6, 6.07) is 17.0. The summed E-state index contributed by atoms with van der Waals surface area (Å²) in [7, 11) is 1.51. The van der Waals surface area contributed by atoms with Crippen molar-refractivity contribution in [1.29, 1.82) is 0 Å². The zero-order valence-corrected chi connectivity index (χ0v) is 19.8. The van der Waals surface area contributed by atoms with Crippen molar-refractivity contribution < 1.29 is 14.6 Å². The minimum atomic E-state index is -0.252. The van der Waals surface area contributed by atoms with E-state index in [1.54, 1.807) is 16.8 Å². The lowest BCUT2D eigenvalue weighted by atomic mass is 9.99. The number of methoxy groups -OCH3 is 1. The van der Waals surface area contributed by atoms with Crippen LogP contribution >= 0.6 is 11.8 Å². The highest BCUT2D eigenvalue weighted by Crippen LogP contribution is 2.47. The van der Waals surface area contributed by atoms with Gasteiger partial charge in [0, 0.05) is 22.5 Å². The number of hydrogen-bond donors (Lipinski definition) is 2. The quantitative estimate of drug-likeness (QED) is 0.452. The molecule has 1 amide bonds. The number of fused-ring (bicyclic) bond motifs is 1. The Bertz CT molecular complexity index is 1370. The van der Waals surface area contributed by atoms with E-state index in [1.165, 1.54) is 18.9 Å². The van der Waals surface area contributed by atoms with Crippen LogP contribution in [0.5, 0.6) is 11.5 Å². The molecule has 0 bridgehead atoms. The molecule has 1 aliphatic heterocycles. The Hall–Kier alpha value is -3.85. The molecule has 0 saturated carbocycles. The van der Waals surface area contributed by atoms with Gasteiger partial charge in [-0.2, -0.15) is 9.78 Å². The van der Waals surface area contributed by atoms with Gasteiger partial charge in [0.2, 0.25) is 5.91 Å². The highest BCUT2D eigenvalue weighted by Gasteiger charge is 2.33. The standard InChI is InChI=1S/C25H23N5O3S/c1-14-11-15(2)27-25(26-14)30-24-21(22(29-30)16-7-5-4-6-8-16)23(34-13-20(32)28-24)17-9-10-18(31)19(12-17)33-3/h4-12,23,31H,13H2,1-3H3,(H,28,32)/t23-/m0/s1. The first-order valence-corrected chi connectivity index (χ1v) is 11.8. The maximum absolute atomic E-state index is 12.8. The summed E-state index contributed by atoms with van der Waals surface area (Å²) in [5.41, 5.74) is 4.98. The lowest BCUT2D eigenvalue weighted by Crippen LogP contribution is -2.17. The van der Waals surface area contributed by atoms with Crippen LogP contribution in [0.2, 0.25) is 0 Å². The lowest BCUT2D eigenvalue weighted by molar-refractivity contribution is -0.113. The van der Waals surface area contributed by atoms with Crippen LogP contribution in [-0.4, -0.2) is 43.6 Å². The van der Waals surface area contributed by atoms with Crippen molar-refractivity contribution in [3.8, 4) is 28.7 Å². The van der Waals surface area contributed by atoms with Gasteiger partial charge in [-0.1, -0.05) is 36.4 Å². The summed E-state index contributed by atoms with van der Waals surface area (Å²) in [6.07, 6.45) is 0. The molecular formula is C25H23N5O3S. The first-order valence-electron chi connectivity index (χ1n) is 10.7. The number of ether oxygens (including phenoxy) is 1. The zero-order chi connectivity index (χ0) is 23.8. The summed E-state index contributed by atoms with van der Waals surface area (Å²) in [5.74, 6) is 1.48. The van der Waals surface area contributed by atoms with Gasteiger partial charge >= 0.3 is 0 Å². The second kappa shape index (κ2) is 8.83. The van der Waals surface area contributed by atoms with Gasteiger partial charge in [-0.15, -0.1) is 11.8 Å².